The molecule has 10 nitrogen and oxygen atoms in total. The smallest absolute Gasteiger partial charge is 0.449 e. The Morgan fingerprint density at radius 1 is 1.41 bits per heavy atom. The Morgan fingerprint density at radius 3 is 2.29 bits per heavy atom. The van der Waals surface area contributed by atoms with Crippen LogP contribution in [0.1, 0.15) is 6.92 Å². The van der Waals surface area contributed by atoms with Crippen molar-refractivity contribution in [1.82, 2.24) is 5.48 Å². The lowest BCUT2D eigenvalue weighted by Gasteiger charge is -2.20. The molecule has 0 bridgehead atoms. The molecule has 2 atom stereocenters. The Labute approximate surface area is 95.3 Å². The highest BCUT2D eigenvalue weighted by Gasteiger charge is 2.31. The van der Waals surface area contributed by atoms with Gasteiger partial charge < -0.3 is 19.6 Å². The van der Waals surface area contributed by atoms with Crippen LogP contribution in [0.15, 0.2) is 0 Å². The van der Waals surface area contributed by atoms with Gasteiger partial charge in [0.1, 0.15) is 6.10 Å². The summed E-state index contributed by atoms with van der Waals surface area (Å²) in [4.78, 5) is 38.2. The van der Waals surface area contributed by atoms with E-state index in [0.717, 1.165) is 12.4 Å². The van der Waals surface area contributed by atoms with Gasteiger partial charge >= 0.3 is 13.8 Å². The molecule has 11 heteroatoms. The van der Waals surface area contributed by atoms with E-state index in [1.807, 2.05) is 0 Å². The first-order chi connectivity index (χ1) is 7.67. The van der Waals surface area contributed by atoms with Gasteiger partial charge in [0.05, 0.1) is 6.61 Å². The third kappa shape index (κ3) is 7.00. The molecule has 0 aliphatic rings. The van der Waals surface area contributed by atoms with Gasteiger partial charge in [-0.2, -0.15) is 0 Å². The number of amides is 1. The minimum absolute atomic E-state index is 0.936. The van der Waals surface area contributed by atoms with Crippen LogP contribution < -0.4 is 5.48 Å². The number of hydrogen-bond acceptors (Lipinski definition) is 7. The third-order valence-corrected chi connectivity index (χ3v) is 1.91. The molecule has 0 saturated heterocycles. The molecule has 0 radical (unpaired) electrons. The monoisotopic (exact) mass is 273 g/mol. The molecule has 0 aromatic heterocycles. The summed E-state index contributed by atoms with van der Waals surface area (Å²) in [7, 11) is -4.83. The highest BCUT2D eigenvalue weighted by Crippen LogP contribution is 2.35. The van der Waals surface area contributed by atoms with Crippen LogP contribution in [-0.4, -0.2) is 50.8 Å². The van der Waals surface area contributed by atoms with E-state index >= 15 is 0 Å². The highest BCUT2D eigenvalue weighted by atomic mass is 31.2. The summed E-state index contributed by atoms with van der Waals surface area (Å²) in [6.45, 7) is -0.0240. The molecule has 0 unspecified atom stereocenters. The van der Waals surface area contributed by atoms with Crippen molar-refractivity contribution in [2.45, 2.75) is 19.1 Å². The van der Waals surface area contributed by atoms with Crippen molar-refractivity contribution in [2.75, 3.05) is 6.61 Å². The van der Waals surface area contributed by atoms with Gasteiger partial charge in [0.15, 0.2) is 0 Å². The van der Waals surface area contributed by atoms with E-state index < -0.39 is 38.5 Å². The number of esters is 1. The maximum absolute atomic E-state index is 11.0. The second kappa shape index (κ2) is 6.64. The maximum atomic E-state index is 11.0. The van der Waals surface area contributed by atoms with Crippen molar-refractivity contribution in [3.63, 3.8) is 0 Å². The molecule has 0 aliphatic carbocycles. The van der Waals surface area contributed by atoms with Crippen molar-refractivity contribution in [3.05, 3.63) is 0 Å². The van der Waals surface area contributed by atoms with E-state index in [4.69, 9.17) is 15.0 Å². The molecule has 0 aliphatic heterocycles. The molecular weight excluding hydrogens is 261 g/mol. The largest absolute Gasteiger partial charge is 0.469 e. The van der Waals surface area contributed by atoms with E-state index in [0.29, 0.717) is 0 Å². The van der Waals surface area contributed by atoms with Crippen LogP contribution in [0, 0.1) is 0 Å². The van der Waals surface area contributed by atoms with Gasteiger partial charge in [-0.25, -0.2) is 10.0 Å². The Morgan fingerprint density at radius 2 is 1.94 bits per heavy atom. The number of hydroxylamine groups is 1. The van der Waals surface area contributed by atoms with E-state index in [-0.39, 0.29) is 0 Å². The number of rotatable bonds is 6. The van der Waals surface area contributed by atoms with E-state index in [9.17, 15) is 19.3 Å². The molecule has 17 heavy (non-hydrogen) atoms. The summed E-state index contributed by atoms with van der Waals surface area (Å²) < 4.78 is 18.6. The molecule has 0 fully saturated rings. The summed E-state index contributed by atoms with van der Waals surface area (Å²) in [5, 5.41) is 17.6. The number of carbonyl (C=O) groups is 2. The third-order valence-electron chi connectivity index (χ3n) is 1.42. The lowest BCUT2D eigenvalue weighted by atomic mass is 10.2. The zero-order chi connectivity index (χ0) is 13.6. The SMILES string of the molecule is CC(=O)O[C@@H](C(=O)NO)[C@H](O)COP(=O)(O)O. The fourth-order valence-corrected chi connectivity index (χ4v) is 1.16. The molecule has 0 aromatic rings. The number of nitrogens with one attached hydrogen (secondary N) is 1. The van der Waals surface area contributed by atoms with Crippen molar-refractivity contribution >= 4 is 19.7 Å². The number of aliphatic hydroxyl groups excluding tert-OH is 1. The summed E-state index contributed by atoms with van der Waals surface area (Å²) in [6.07, 6.45) is -3.69. The molecule has 5 N–H and O–H groups in total. The Hall–Kier alpha value is -1.03. The van der Waals surface area contributed by atoms with Crippen molar-refractivity contribution < 1.29 is 43.5 Å². The topological polar surface area (TPSA) is 163 Å². The van der Waals surface area contributed by atoms with Crippen molar-refractivity contribution in [1.29, 1.82) is 0 Å². The van der Waals surface area contributed by atoms with Crippen LogP contribution in [0.2, 0.25) is 0 Å². The predicted octanol–water partition coefficient (Wildman–Crippen LogP) is -2.11. The van der Waals surface area contributed by atoms with Crippen LogP contribution in [0.4, 0.5) is 0 Å². The molecule has 1 amide bonds. The van der Waals surface area contributed by atoms with Gasteiger partial charge in [-0.05, 0) is 0 Å². The van der Waals surface area contributed by atoms with Gasteiger partial charge in [-0.1, -0.05) is 0 Å². The van der Waals surface area contributed by atoms with Crippen molar-refractivity contribution in [2.24, 2.45) is 0 Å². The summed E-state index contributed by atoms with van der Waals surface area (Å²) in [6, 6.07) is 0. The summed E-state index contributed by atoms with van der Waals surface area (Å²) >= 11 is 0. The number of phosphoric acid groups is 1. The molecule has 0 rings (SSSR count). The highest BCUT2D eigenvalue weighted by molar-refractivity contribution is 7.46. The molecule has 0 spiro atoms. The minimum atomic E-state index is -4.83. The number of ether oxygens (including phenoxy) is 1. The van der Waals surface area contributed by atoms with Gasteiger partial charge in [-0.3, -0.25) is 19.3 Å². The summed E-state index contributed by atoms with van der Waals surface area (Å²) in [5.74, 6) is -2.20. The van der Waals surface area contributed by atoms with Crippen LogP contribution in [-0.2, 0) is 23.4 Å². The van der Waals surface area contributed by atoms with Crippen molar-refractivity contribution in [3.8, 4) is 0 Å². The van der Waals surface area contributed by atoms with E-state index in [2.05, 4.69) is 9.26 Å². The molecular formula is C6H12NO9P. The van der Waals surface area contributed by atoms with Gasteiger partial charge in [-0.15, -0.1) is 0 Å². The first kappa shape index (κ1) is 16.0. The zero-order valence-electron chi connectivity index (χ0n) is 8.64. The number of hydrogen-bond donors (Lipinski definition) is 5. The number of aliphatic hydroxyl groups is 1. The normalized spacial score (nSPS) is 14.9. The Kier molecular flexibility index (Phi) is 6.24. The molecule has 0 heterocycles. The quantitative estimate of drug-likeness (QED) is 0.158. The molecule has 0 saturated carbocycles. The minimum Gasteiger partial charge on any atom is -0.449 e. The lowest BCUT2D eigenvalue weighted by Crippen LogP contribution is -2.45. The average Bonchev–Trinajstić information content (AvgIpc) is 2.20. The average molecular weight is 273 g/mol. The van der Waals surface area contributed by atoms with Crippen LogP contribution in [0.25, 0.3) is 0 Å². The van der Waals surface area contributed by atoms with Gasteiger partial charge in [0, 0.05) is 6.92 Å². The fraction of sp³-hybridized carbons (Fsp3) is 0.667. The van der Waals surface area contributed by atoms with E-state index in [1.165, 1.54) is 0 Å². The van der Waals surface area contributed by atoms with Gasteiger partial charge in [0.25, 0.3) is 5.91 Å². The second-order valence-corrected chi connectivity index (χ2v) is 4.10. The summed E-state index contributed by atoms with van der Waals surface area (Å²) in [5.41, 5.74) is 1.12. The first-order valence-corrected chi connectivity index (χ1v) is 5.69. The zero-order valence-corrected chi connectivity index (χ0v) is 9.53. The first-order valence-electron chi connectivity index (χ1n) is 4.16. The Balaban J connectivity index is 4.52. The molecule has 0 aromatic carbocycles. The second-order valence-electron chi connectivity index (χ2n) is 2.86. The fourth-order valence-electron chi connectivity index (χ4n) is 0.810. The molecule has 100 valence electrons. The predicted molar refractivity (Wildman–Crippen MR) is 49.5 cm³/mol. The van der Waals surface area contributed by atoms with Gasteiger partial charge in [0.2, 0.25) is 6.10 Å². The Bertz CT molecular complexity index is 325. The number of phosphoric ester groups is 1. The van der Waals surface area contributed by atoms with Crippen LogP contribution in [0.5, 0.6) is 0 Å². The van der Waals surface area contributed by atoms with E-state index in [1.54, 1.807) is 0 Å². The number of carbonyl (C=O) groups excluding carboxylic acids is 2. The van der Waals surface area contributed by atoms with Crippen LogP contribution >= 0.6 is 7.82 Å². The maximum Gasteiger partial charge on any atom is 0.469 e. The lowest BCUT2D eigenvalue weighted by molar-refractivity contribution is -0.166. The van der Waals surface area contributed by atoms with Crippen LogP contribution in [0.3, 0.4) is 0 Å². The standard InChI is InChI=1S/C6H12NO9P/c1-3(8)16-5(6(10)7-11)4(9)2-15-17(12,13)14/h4-5,9,11H,2H2,1H3,(H,7,10)(H2,12,13,14)/t4-,5-/m1/s1.